The predicted octanol–water partition coefficient (Wildman–Crippen LogP) is 4.24. The minimum atomic E-state index is -0.0584. The number of rotatable bonds is 5. The second kappa shape index (κ2) is 7.53. The highest BCUT2D eigenvalue weighted by molar-refractivity contribution is 5.41. The van der Waals surface area contributed by atoms with Gasteiger partial charge in [-0.25, -0.2) is 0 Å². The van der Waals surface area contributed by atoms with Crippen LogP contribution in [0.5, 0.6) is 11.5 Å². The van der Waals surface area contributed by atoms with Crippen LogP contribution in [-0.4, -0.2) is 36.2 Å². The molecule has 1 spiro atoms. The fourth-order valence-electron chi connectivity index (χ4n) is 4.56. The maximum absolute atomic E-state index is 9.74. The molecule has 0 radical (unpaired) electrons. The van der Waals surface area contributed by atoms with Crippen molar-refractivity contribution >= 4 is 0 Å². The monoisotopic (exact) mass is 367 g/mol. The molecule has 2 heterocycles. The number of hydrogen-bond donors (Lipinski definition) is 1. The molecule has 1 unspecified atom stereocenters. The van der Waals surface area contributed by atoms with Crippen LogP contribution in [0.4, 0.5) is 0 Å². The fraction of sp³-hybridized carbons (Fsp3) is 0.478. The summed E-state index contributed by atoms with van der Waals surface area (Å²) < 4.78 is 11.5. The van der Waals surface area contributed by atoms with Crippen LogP contribution < -0.4 is 4.74 Å². The Hall–Kier alpha value is -2.04. The number of phenols is 1. The van der Waals surface area contributed by atoms with E-state index in [-0.39, 0.29) is 11.4 Å². The van der Waals surface area contributed by atoms with Gasteiger partial charge < -0.3 is 19.5 Å². The molecule has 27 heavy (non-hydrogen) atoms. The first-order chi connectivity index (χ1) is 13.1. The Labute approximate surface area is 161 Å². The van der Waals surface area contributed by atoms with Crippen LogP contribution in [0.25, 0.3) is 0 Å². The number of aryl methyl sites for hydroxylation is 1. The molecule has 2 aromatic rings. The largest absolute Gasteiger partial charge is 0.504 e. The van der Waals surface area contributed by atoms with Gasteiger partial charge >= 0.3 is 0 Å². The molecule has 1 atom stereocenters. The van der Waals surface area contributed by atoms with E-state index in [2.05, 4.69) is 36.1 Å². The third-order valence-electron chi connectivity index (χ3n) is 6.34. The number of hydrogen-bond acceptors (Lipinski definition) is 4. The summed E-state index contributed by atoms with van der Waals surface area (Å²) in [4.78, 5) is 2.59. The van der Waals surface area contributed by atoms with Crippen LogP contribution in [0.15, 0.2) is 42.5 Å². The Morgan fingerprint density at radius 3 is 2.74 bits per heavy atom. The average molecular weight is 367 g/mol. The molecule has 0 aromatic heterocycles. The fourth-order valence-corrected chi connectivity index (χ4v) is 4.56. The van der Waals surface area contributed by atoms with Crippen LogP contribution in [-0.2, 0) is 23.4 Å². The average Bonchev–Trinajstić information content (AvgIpc) is 3.06. The van der Waals surface area contributed by atoms with Gasteiger partial charge in [0.2, 0.25) is 0 Å². The molecule has 0 bridgehead atoms. The van der Waals surface area contributed by atoms with Crippen molar-refractivity contribution in [3.05, 3.63) is 59.2 Å². The van der Waals surface area contributed by atoms with E-state index in [1.807, 2.05) is 12.1 Å². The summed E-state index contributed by atoms with van der Waals surface area (Å²) >= 11 is 0. The topological polar surface area (TPSA) is 41.9 Å². The lowest BCUT2D eigenvalue weighted by Crippen LogP contribution is -2.46. The summed E-state index contributed by atoms with van der Waals surface area (Å²) in [6.07, 6.45) is 4.22. The molecule has 144 valence electrons. The van der Waals surface area contributed by atoms with Gasteiger partial charge in [-0.3, -0.25) is 0 Å². The number of likely N-dealkylation sites (tertiary alicyclic amines) is 1. The number of methoxy groups -OCH3 is 1. The number of phenolic OH excluding ortho intramolecular Hbond substituents is 1. The standard InChI is InChI=1S/C23H29NO3/c1-17(7-8-18-9-10-21(25)22(15-18)26-2)24-13-11-23(12-14-24)20-6-4-3-5-19(20)16-27-23/h3-6,9-10,15,17,25H,7-8,11-14,16H2,1-2H3. The highest BCUT2D eigenvalue weighted by atomic mass is 16.5. The van der Waals surface area contributed by atoms with Gasteiger partial charge in [-0.1, -0.05) is 30.3 Å². The lowest BCUT2D eigenvalue weighted by Gasteiger charge is -2.41. The summed E-state index contributed by atoms with van der Waals surface area (Å²) in [5, 5.41) is 9.74. The Balaban J connectivity index is 1.34. The maximum atomic E-state index is 9.74. The van der Waals surface area contributed by atoms with Crippen molar-refractivity contribution in [2.24, 2.45) is 0 Å². The minimum absolute atomic E-state index is 0.0584. The summed E-state index contributed by atoms with van der Waals surface area (Å²) in [5.74, 6) is 0.754. The third-order valence-corrected chi connectivity index (χ3v) is 6.34. The molecule has 1 saturated heterocycles. The highest BCUT2D eigenvalue weighted by Gasteiger charge is 2.42. The first-order valence-corrected chi connectivity index (χ1v) is 9.93. The van der Waals surface area contributed by atoms with Crippen LogP contribution in [0.2, 0.25) is 0 Å². The predicted molar refractivity (Wildman–Crippen MR) is 106 cm³/mol. The summed E-state index contributed by atoms with van der Waals surface area (Å²) in [6, 6.07) is 14.9. The number of piperidine rings is 1. The number of ether oxygens (including phenoxy) is 2. The molecular weight excluding hydrogens is 338 g/mol. The van der Waals surface area contributed by atoms with Crippen LogP contribution in [0.1, 0.15) is 42.9 Å². The molecule has 1 fully saturated rings. The van der Waals surface area contributed by atoms with Gasteiger partial charge in [-0.15, -0.1) is 0 Å². The first kappa shape index (κ1) is 18.3. The molecule has 0 saturated carbocycles. The van der Waals surface area contributed by atoms with E-state index in [0.29, 0.717) is 11.8 Å². The van der Waals surface area contributed by atoms with Crippen molar-refractivity contribution in [1.82, 2.24) is 4.90 Å². The van der Waals surface area contributed by atoms with Crippen molar-refractivity contribution in [2.75, 3.05) is 20.2 Å². The molecule has 4 rings (SSSR count). The molecule has 0 amide bonds. The number of aromatic hydroxyl groups is 1. The third kappa shape index (κ3) is 3.56. The Morgan fingerprint density at radius 2 is 1.96 bits per heavy atom. The van der Waals surface area contributed by atoms with Gasteiger partial charge in [0.05, 0.1) is 19.3 Å². The lowest BCUT2D eigenvalue weighted by atomic mass is 9.83. The molecule has 1 N–H and O–H groups in total. The van der Waals surface area contributed by atoms with Gasteiger partial charge in [0.15, 0.2) is 11.5 Å². The molecule has 2 aliphatic heterocycles. The van der Waals surface area contributed by atoms with Crippen LogP contribution >= 0.6 is 0 Å². The van der Waals surface area contributed by atoms with E-state index in [9.17, 15) is 5.11 Å². The van der Waals surface area contributed by atoms with E-state index < -0.39 is 0 Å². The normalized spacial score (nSPS) is 19.8. The van der Waals surface area contributed by atoms with Gasteiger partial charge in [0.25, 0.3) is 0 Å². The molecule has 2 aromatic carbocycles. The second-order valence-corrected chi connectivity index (χ2v) is 7.87. The van der Waals surface area contributed by atoms with E-state index >= 15 is 0 Å². The Bertz CT molecular complexity index is 796. The van der Waals surface area contributed by atoms with Crippen molar-refractivity contribution < 1.29 is 14.6 Å². The Morgan fingerprint density at radius 1 is 1.19 bits per heavy atom. The second-order valence-electron chi connectivity index (χ2n) is 7.87. The molecule has 0 aliphatic carbocycles. The van der Waals surface area contributed by atoms with Crippen molar-refractivity contribution in [3.63, 3.8) is 0 Å². The minimum Gasteiger partial charge on any atom is -0.504 e. The summed E-state index contributed by atoms with van der Waals surface area (Å²) in [6.45, 7) is 5.23. The van der Waals surface area contributed by atoms with Gasteiger partial charge in [-0.2, -0.15) is 0 Å². The Kier molecular flexibility index (Phi) is 5.11. The zero-order chi connectivity index (χ0) is 18.9. The van der Waals surface area contributed by atoms with E-state index in [4.69, 9.17) is 9.47 Å². The lowest BCUT2D eigenvalue weighted by molar-refractivity contribution is -0.0837. The zero-order valence-electron chi connectivity index (χ0n) is 16.3. The van der Waals surface area contributed by atoms with Crippen LogP contribution in [0, 0.1) is 0 Å². The zero-order valence-corrected chi connectivity index (χ0v) is 16.3. The summed E-state index contributed by atoms with van der Waals surface area (Å²) in [5.41, 5.74) is 3.92. The smallest absolute Gasteiger partial charge is 0.160 e. The van der Waals surface area contributed by atoms with Crippen molar-refractivity contribution in [3.8, 4) is 11.5 Å². The van der Waals surface area contributed by atoms with E-state index in [1.165, 1.54) is 16.7 Å². The van der Waals surface area contributed by atoms with Gasteiger partial charge in [0, 0.05) is 19.1 Å². The maximum Gasteiger partial charge on any atom is 0.160 e. The SMILES string of the molecule is COc1cc(CCC(C)N2CCC3(CC2)OCc2ccccc23)ccc1O. The number of fused-ring (bicyclic) bond motifs is 2. The van der Waals surface area contributed by atoms with Gasteiger partial charge in [-0.05, 0) is 61.4 Å². The van der Waals surface area contributed by atoms with Crippen molar-refractivity contribution in [2.45, 2.75) is 50.9 Å². The van der Waals surface area contributed by atoms with E-state index in [0.717, 1.165) is 45.4 Å². The molecule has 2 aliphatic rings. The number of benzene rings is 2. The van der Waals surface area contributed by atoms with Crippen LogP contribution in [0.3, 0.4) is 0 Å². The molecular formula is C23H29NO3. The highest BCUT2D eigenvalue weighted by Crippen LogP contribution is 2.44. The van der Waals surface area contributed by atoms with Crippen molar-refractivity contribution in [1.29, 1.82) is 0 Å². The quantitative estimate of drug-likeness (QED) is 0.858. The van der Waals surface area contributed by atoms with E-state index in [1.54, 1.807) is 13.2 Å². The molecule has 4 heteroatoms. The summed E-state index contributed by atoms with van der Waals surface area (Å²) in [7, 11) is 1.59. The molecule has 4 nitrogen and oxygen atoms in total. The first-order valence-electron chi connectivity index (χ1n) is 9.93. The number of nitrogens with zero attached hydrogens (tertiary/aromatic N) is 1. The van der Waals surface area contributed by atoms with Gasteiger partial charge in [0.1, 0.15) is 0 Å².